The van der Waals surface area contributed by atoms with Crippen molar-refractivity contribution in [1.82, 2.24) is 4.90 Å². The Morgan fingerprint density at radius 2 is 2.27 bits per heavy atom. The van der Waals surface area contributed by atoms with Gasteiger partial charge in [-0.25, -0.2) is 4.39 Å². The highest BCUT2D eigenvalue weighted by atomic mass is 35.5. The lowest BCUT2D eigenvalue weighted by molar-refractivity contribution is -0.117. The van der Waals surface area contributed by atoms with Gasteiger partial charge in [-0.05, 0) is 30.6 Å². The molecule has 0 aliphatic heterocycles. The molecule has 1 aromatic carbocycles. The molecule has 0 spiro atoms. The highest BCUT2D eigenvalue weighted by molar-refractivity contribution is 7.14. The summed E-state index contributed by atoms with van der Waals surface area (Å²) >= 11 is 7.25. The number of nitriles is 1. The molecule has 1 amide bonds. The number of hydrogen-bond donors (Lipinski definition) is 1. The second-order valence-corrected chi connectivity index (χ2v) is 6.02. The van der Waals surface area contributed by atoms with E-state index in [1.807, 2.05) is 6.07 Å². The lowest BCUT2D eigenvalue weighted by atomic mass is 10.2. The van der Waals surface area contributed by atoms with Gasteiger partial charge in [0, 0.05) is 17.1 Å². The fourth-order valence-electron chi connectivity index (χ4n) is 1.91. The molecule has 2 aromatic rings. The Morgan fingerprint density at radius 1 is 1.50 bits per heavy atom. The van der Waals surface area contributed by atoms with Crippen LogP contribution >= 0.6 is 22.9 Å². The van der Waals surface area contributed by atoms with Crippen LogP contribution in [0, 0.1) is 17.1 Å². The van der Waals surface area contributed by atoms with Crippen molar-refractivity contribution < 1.29 is 9.18 Å². The van der Waals surface area contributed by atoms with Crippen LogP contribution in [0.3, 0.4) is 0 Å². The van der Waals surface area contributed by atoms with Crippen molar-refractivity contribution in [2.75, 3.05) is 18.9 Å². The number of nitrogens with zero attached hydrogens (tertiary/aromatic N) is 2. The van der Waals surface area contributed by atoms with Crippen molar-refractivity contribution in [3.8, 4) is 6.07 Å². The van der Waals surface area contributed by atoms with E-state index in [9.17, 15) is 9.18 Å². The summed E-state index contributed by atoms with van der Waals surface area (Å²) in [5, 5.41) is 14.2. The van der Waals surface area contributed by atoms with Gasteiger partial charge in [-0.15, -0.1) is 11.3 Å². The molecule has 0 fully saturated rings. The van der Waals surface area contributed by atoms with Gasteiger partial charge in [-0.1, -0.05) is 17.7 Å². The van der Waals surface area contributed by atoms with Crippen LogP contribution in [0.2, 0.25) is 5.02 Å². The number of anilines is 1. The SMILES string of the molecule is CN(CC(=O)Nc1sccc1C#N)Cc1c(F)cccc1Cl. The summed E-state index contributed by atoms with van der Waals surface area (Å²) in [4.78, 5) is 13.6. The van der Waals surface area contributed by atoms with Crippen LogP contribution in [0.1, 0.15) is 11.1 Å². The van der Waals surface area contributed by atoms with E-state index in [0.717, 1.165) is 0 Å². The molecule has 0 aliphatic rings. The molecule has 22 heavy (non-hydrogen) atoms. The number of thiophene rings is 1. The van der Waals surface area contributed by atoms with Crippen molar-refractivity contribution in [3.63, 3.8) is 0 Å². The highest BCUT2D eigenvalue weighted by Gasteiger charge is 2.14. The van der Waals surface area contributed by atoms with Gasteiger partial charge in [-0.2, -0.15) is 5.26 Å². The Labute approximate surface area is 136 Å². The summed E-state index contributed by atoms with van der Waals surface area (Å²) in [6.45, 7) is 0.280. The van der Waals surface area contributed by atoms with E-state index in [0.29, 0.717) is 21.2 Å². The van der Waals surface area contributed by atoms with Gasteiger partial charge < -0.3 is 5.32 Å². The summed E-state index contributed by atoms with van der Waals surface area (Å²) in [5.74, 6) is -0.668. The van der Waals surface area contributed by atoms with E-state index in [4.69, 9.17) is 16.9 Å². The minimum Gasteiger partial charge on any atom is -0.315 e. The van der Waals surface area contributed by atoms with Crippen LogP contribution in [0.4, 0.5) is 9.39 Å². The van der Waals surface area contributed by atoms with Crippen LogP contribution in [0.25, 0.3) is 0 Å². The van der Waals surface area contributed by atoms with E-state index in [1.54, 1.807) is 29.5 Å². The maximum absolute atomic E-state index is 13.7. The topological polar surface area (TPSA) is 56.1 Å². The first kappa shape index (κ1) is 16.4. The Balaban J connectivity index is 1.96. The molecule has 2 rings (SSSR count). The molecule has 114 valence electrons. The maximum atomic E-state index is 13.7. The summed E-state index contributed by atoms with van der Waals surface area (Å²) < 4.78 is 13.7. The molecule has 4 nitrogen and oxygen atoms in total. The minimum absolute atomic E-state index is 0.0629. The number of hydrogen-bond acceptors (Lipinski definition) is 4. The lowest BCUT2D eigenvalue weighted by Crippen LogP contribution is -2.30. The van der Waals surface area contributed by atoms with E-state index in [2.05, 4.69) is 5.32 Å². The molecule has 0 atom stereocenters. The third kappa shape index (κ3) is 4.04. The van der Waals surface area contributed by atoms with Crippen molar-refractivity contribution >= 4 is 33.8 Å². The lowest BCUT2D eigenvalue weighted by Gasteiger charge is -2.17. The van der Waals surface area contributed by atoms with Crippen LogP contribution in [0.15, 0.2) is 29.6 Å². The molecule has 1 N–H and O–H groups in total. The molecule has 0 saturated carbocycles. The fourth-order valence-corrected chi connectivity index (χ4v) is 2.89. The second kappa shape index (κ2) is 7.36. The zero-order chi connectivity index (χ0) is 16.1. The third-order valence-electron chi connectivity index (χ3n) is 2.94. The standard InChI is InChI=1S/C15H13ClFN3OS/c1-20(8-11-12(16)3-2-4-13(11)17)9-14(21)19-15-10(7-18)5-6-22-15/h2-6H,8-9H2,1H3,(H,19,21). The number of nitrogens with one attached hydrogen (secondary N) is 1. The monoisotopic (exact) mass is 337 g/mol. The first-order valence-electron chi connectivity index (χ1n) is 6.40. The van der Waals surface area contributed by atoms with Crippen molar-refractivity contribution in [2.45, 2.75) is 6.54 Å². The number of carbonyl (C=O) groups is 1. The minimum atomic E-state index is -0.398. The molecule has 0 radical (unpaired) electrons. The number of carbonyl (C=O) groups excluding carboxylic acids is 1. The maximum Gasteiger partial charge on any atom is 0.239 e. The molecule has 0 aliphatic carbocycles. The van der Waals surface area contributed by atoms with Gasteiger partial charge >= 0.3 is 0 Å². The van der Waals surface area contributed by atoms with Gasteiger partial charge in [0.05, 0.1) is 12.1 Å². The number of benzene rings is 1. The number of rotatable bonds is 5. The molecule has 1 aromatic heterocycles. The predicted octanol–water partition coefficient (Wildman–Crippen LogP) is 3.48. The summed E-state index contributed by atoms with van der Waals surface area (Å²) in [5.41, 5.74) is 0.784. The smallest absolute Gasteiger partial charge is 0.239 e. The number of halogens is 2. The zero-order valence-electron chi connectivity index (χ0n) is 11.8. The largest absolute Gasteiger partial charge is 0.315 e. The molecular formula is C15H13ClFN3OS. The van der Waals surface area contributed by atoms with Crippen LogP contribution in [-0.4, -0.2) is 24.4 Å². The molecule has 0 unspecified atom stereocenters. The Morgan fingerprint density at radius 3 is 2.95 bits per heavy atom. The normalized spacial score (nSPS) is 10.5. The zero-order valence-corrected chi connectivity index (χ0v) is 13.3. The molecule has 0 bridgehead atoms. The van der Waals surface area contributed by atoms with E-state index >= 15 is 0 Å². The molecule has 7 heteroatoms. The van der Waals surface area contributed by atoms with Crippen LogP contribution in [0.5, 0.6) is 0 Å². The summed E-state index contributed by atoms with van der Waals surface area (Å²) in [7, 11) is 1.70. The molecule has 0 saturated heterocycles. The van der Waals surface area contributed by atoms with E-state index < -0.39 is 5.82 Å². The van der Waals surface area contributed by atoms with Gasteiger partial charge in [0.25, 0.3) is 0 Å². The Hall–Kier alpha value is -1.94. The summed E-state index contributed by atoms with van der Waals surface area (Å²) in [6, 6.07) is 8.12. The van der Waals surface area contributed by atoms with Gasteiger partial charge in [0.15, 0.2) is 0 Å². The van der Waals surface area contributed by atoms with E-state index in [-0.39, 0.29) is 19.0 Å². The molecular weight excluding hydrogens is 325 g/mol. The number of amides is 1. The average molecular weight is 338 g/mol. The van der Waals surface area contributed by atoms with Crippen LogP contribution in [-0.2, 0) is 11.3 Å². The Kier molecular flexibility index (Phi) is 5.50. The fraction of sp³-hybridized carbons (Fsp3) is 0.200. The second-order valence-electron chi connectivity index (χ2n) is 4.70. The first-order valence-corrected chi connectivity index (χ1v) is 7.66. The Bertz CT molecular complexity index is 706. The third-order valence-corrected chi connectivity index (χ3v) is 4.13. The van der Waals surface area contributed by atoms with Gasteiger partial charge in [0.1, 0.15) is 16.9 Å². The summed E-state index contributed by atoms with van der Waals surface area (Å²) in [6.07, 6.45) is 0. The van der Waals surface area contributed by atoms with Crippen molar-refractivity contribution in [1.29, 1.82) is 5.26 Å². The number of likely N-dealkylation sites (N-methyl/N-ethyl adjacent to an activating group) is 1. The van der Waals surface area contributed by atoms with Crippen molar-refractivity contribution in [3.05, 3.63) is 51.6 Å². The van der Waals surface area contributed by atoms with Crippen molar-refractivity contribution in [2.24, 2.45) is 0 Å². The average Bonchev–Trinajstić information content (AvgIpc) is 2.90. The van der Waals surface area contributed by atoms with Gasteiger partial charge in [-0.3, -0.25) is 9.69 Å². The van der Waals surface area contributed by atoms with Gasteiger partial charge in [0.2, 0.25) is 5.91 Å². The first-order chi connectivity index (χ1) is 10.5. The molecule has 1 heterocycles. The van der Waals surface area contributed by atoms with Crippen LogP contribution < -0.4 is 5.32 Å². The quantitative estimate of drug-likeness (QED) is 0.908. The highest BCUT2D eigenvalue weighted by Crippen LogP contribution is 2.22. The predicted molar refractivity (Wildman–Crippen MR) is 85.4 cm³/mol. The van der Waals surface area contributed by atoms with E-state index in [1.165, 1.54) is 23.5 Å².